The van der Waals surface area contributed by atoms with Crippen molar-refractivity contribution in [2.24, 2.45) is 4.99 Å². The fraction of sp³-hybridized carbons (Fsp3) is 0. The highest BCUT2D eigenvalue weighted by Crippen LogP contribution is 2.24. The van der Waals surface area contributed by atoms with Crippen LogP contribution >= 0.6 is 0 Å². The molecule has 2 rings (SSSR count). The highest BCUT2D eigenvalue weighted by molar-refractivity contribution is 7.93. The standard InChI is InChI=1S/C14H10N2O4S/c17-11-15-14(18)16(12-7-3-1-4-8-12)21(19,20)13-9-5-2-6-10-13/h1-10H. The molecule has 0 bridgehead atoms. The van der Waals surface area contributed by atoms with Gasteiger partial charge in [-0.25, -0.2) is 18.0 Å². The Labute approximate surface area is 121 Å². The van der Waals surface area contributed by atoms with Gasteiger partial charge in [0.05, 0.1) is 10.6 Å². The van der Waals surface area contributed by atoms with Crippen molar-refractivity contribution in [1.82, 2.24) is 0 Å². The lowest BCUT2D eigenvalue weighted by molar-refractivity contribution is 0.257. The summed E-state index contributed by atoms with van der Waals surface area (Å²) in [4.78, 5) is 25.0. The Bertz CT molecular complexity index is 782. The third-order valence-electron chi connectivity index (χ3n) is 2.59. The minimum absolute atomic E-state index is 0.0803. The van der Waals surface area contributed by atoms with Crippen molar-refractivity contribution in [2.45, 2.75) is 4.90 Å². The molecular formula is C14H10N2O4S. The number of urea groups is 1. The molecule has 0 fully saturated rings. The Morgan fingerprint density at radius 1 is 0.952 bits per heavy atom. The number of anilines is 1. The maximum atomic E-state index is 12.6. The maximum absolute atomic E-state index is 12.6. The van der Waals surface area contributed by atoms with Gasteiger partial charge in [0.2, 0.25) is 6.08 Å². The van der Waals surface area contributed by atoms with E-state index in [4.69, 9.17) is 0 Å². The monoisotopic (exact) mass is 302 g/mol. The second-order valence-electron chi connectivity index (χ2n) is 3.90. The van der Waals surface area contributed by atoms with E-state index in [1.54, 1.807) is 24.3 Å². The van der Waals surface area contributed by atoms with Gasteiger partial charge in [0.1, 0.15) is 0 Å². The Kier molecular flexibility index (Phi) is 4.27. The first-order chi connectivity index (χ1) is 10.1. The zero-order valence-electron chi connectivity index (χ0n) is 10.7. The molecule has 0 unspecified atom stereocenters. The molecule has 2 aromatic rings. The molecule has 0 saturated carbocycles. The largest absolute Gasteiger partial charge is 0.373 e. The molecule has 0 aliphatic heterocycles. The topological polar surface area (TPSA) is 83.9 Å². The number of carbonyl (C=O) groups is 1. The number of sulfonamides is 1. The Balaban J connectivity index is 2.61. The van der Waals surface area contributed by atoms with Gasteiger partial charge in [0, 0.05) is 0 Å². The van der Waals surface area contributed by atoms with Crippen LogP contribution in [0.15, 0.2) is 70.6 Å². The molecule has 0 aliphatic rings. The summed E-state index contributed by atoms with van der Waals surface area (Å²) >= 11 is 0. The van der Waals surface area contributed by atoms with E-state index in [1.165, 1.54) is 36.4 Å². The molecule has 0 N–H and O–H groups in total. The lowest BCUT2D eigenvalue weighted by atomic mass is 10.3. The smallest absolute Gasteiger partial charge is 0.244 e. The molecule has 106 valence electrons. The summed E-state index contributed by atoms with van der Waals surface area (Å²) in [5, 5.41) is 0. The fourth-order valence-corrected chi connectivity index (χ4v) is 3.06. The lowest BCUT2D eigenvalue weighted by Gasteiger charge is -2.19. The van der Waals surface area contributed by atoms with E-state index < -0.39 is 16.1 Å². The number of hydrogen-bond donors (Lipinski definition) is 0. The lowest BCUT2D eigenvalue weighted by Crippen LogP contribution is -2.34. The predicted octanol–water partition coefficient (Wildman–Crippen LogP) is 2.34. The third kappa shape index (κ3) is 3.05. The maximum Gasteiger partial charge on any atom is 0.373 e. The van der Waals surface area contributed by atoms with Gasteiger partial charge in [-0.1, -0.05) is 36.4 Å². The van der Waals surface area contributed by atoms with Gasteiger partial charge in [-0.05, 0) is 24.3 Å². The first-order valence-corrected chi connectivity index (χ1v) is 7.28. The number of aliphatic imine (C=N–C) groups is 1. The van der Waals surface area contributed by atoms with Crippen molar-refractivity contribution >= 4 is 27.8 Å². The van der Waals surface area contributed by atoms with Gasteiger partial charge in [-0.3, -0.25) is 0 Å². The van der Waals surface area contributed by atoms with Gasteiger partial charge in [-0.15, -0.1) is 4.99 Å². The van der Waals surface area contributed by atoms with E-state index in [0.717, 1.165) is 6.08 Å². The number of hydrogen-bond acceptors (Lipinski definition) is 4. The molecule has 7 heteroatoms. The Hall–Kier alpha value is -2.76. The van der Waals surface area contributed by atoms with Crippen LogP contribution in [0.2, 0.25) is 0 Å². The second-order valence-corrected chi connectivity index (χ2v) is 5.69. The number of isocyanates is 1. The van der Waals surface area contributed by atoms with Crippen molar-refractivity contribution in [2.75, 3.05) is 4.31 Å². The van der Waals surface area contributed by atoms with Gasteiger partial charge in [0.15, 0.2) is 0 Å². The molecule has 0 radical (unpaired) electrons. The highest BCUT2D eigenvalue weighted by Gasteiger charge is 2.30. The van der Waals surface area contributed by atoms with Gasteiger partial charge < -0.3 is 0 Å². The van der Waals surface area contributed by atoms with Crippen LogP contribution < -0.4 is 4.31 Å². The minimum Gasteiger partial charge on any atom is -0.244 e. The Morgan fingerprint density at radius 3 is 2.00 bits per heavy atom. The zero-order valence-corrected chi connectivity index (χ0v) is 11.5. The molecule has 21 heavy (non-hydrogen) atoms. The summed E-state index contributed by atoms with van der Waals surface area (Å²) in [6.07, 6.45) is 1.06. The number of para-hydroxylation sites is 1. The van der Waals surface area contributed by atoms with Crippen molar-refractivity contribution in [3.63, 3.8) is 0 Å². The molecule has 0 spiro atoms. The van der Waals surface area contributed by atoms with Crippen LogP contribution in [0.5, 0.6) is 0 Å². The normalized spacial score (nSPS) is 10.5. The predicted molar refractivity (Wildman–Crippen MR) is 76.1 cm³/mol. The first kappa shape index (κ1) is 14.6. The number of benzene rings is 2. The molecule has 0 aliphatic carbocycles. The summed E-state index contributed by atoms with van der Waals surface area (Å²) in [5.41, 5.74) is 0.0883. The average Bonchev–Trinajstić information content (AvgIpc) is 2.49. The summed E-state index contributed by atoms with van der Waals surface area (Å²) in [6, 6.07) is 13.9. The molecule has 0 saturated heterocycles. The van der Waals surface area contributed by atoms with Gasteiger partial charge >= 0.3 is 6.03 Å². The molecule has 0 heterocycles. The minimum atomic E-state index is -4.16. The van der Waals surface area contributed by atoms with E-state index in [9.17, 15) is 18.0 Å². The second kappa shape index (κ2) is 6.13. The number of rotatable bonds is 3. The molecule has 2 aromatic carbocycles. The van der Waals surface area contributed by atoms with Crippen molar-refractivity contribution in [3.8, 4) is 0 Å². The van der Waals surface area contributed by atoms with Crippen LogP contribution in [0.4, 0.5) is 10.5 Å². The summed E-state index contributed by atoms with van der Waals surface area (Å²) in [5.74, 6) is 0. The van der Waals surface area contributed by atoms with Gasteiger partial charge in [0.25, 0.3) is 10.0 Å². The van der Waals surface area contributed by atoms with Crippen molar-refractivity contribution in [3.05, 3.63) is 60.7 Å². The van der Waals surface area contributed by atoms with E-state index >= 15 is 0 Å². The zero-order chi connectivity index (χ0) is 15.3. The van der Waals surface area contributed by atoms with Crippen molar-refractivity contribution in [1.29, 1.82) is 0 Å². The average molecular weight is 302 g/mol. The first-order valence-electron chi connectivity index (χ1n) is 5.84. The van der Waals surface area contributed by atoms with Crippen LogP contribution in [-0.4, -0.2) is 20.5 Å². The van der Waals surface area contributed by atoms with Crippen LogP contribution in [0, 0.1) is 0 Å². The van der Waals surface area contributed by atoms with Crippen LogP contribution in [-0.2, 0) is 14.8 Å². The van der Waals surface area contributed by atoms with Gasteiger partial charge in [-0.2, -0.15) is 4.31 Å². The summed E-state index contributed by atoms with van der Waals surface area (Å²) < 4.78 is 25.6. The number of carbonyl (C=O) groups excluding carboxylic acids is 2. The highest BCUT2D eigenvalue weighted by atomic mass is 32.2. The number of nitrogens with zero attached hydrogens (tertiary/aromatic N) is 2. The van der Waals surface area contributed by atoms with Crippen LogP contribution in [0.25, 0.3) is 0 Å². The quantitative estimate of drug-likeness (QED) is 0.643. The molecule has 0 atom stereocenters. The molecule has 2 amide bonds. The van der Waals surface area contributed by atoms with Crippen molar-refractivity contribution < 1.29 is 18.0 Å². The number of amides is 2. The fourth-order valence-electron chi connectivity index (χ4n) is 1.70. The molecular weight excluding hydrogens is 292 g/mol. The summed E-state index contributed by atoms with van der Waals surface area (Å²) in [6.45, 7) is 0. The van der Waals surface area contributed by atoms with E-state index in [1.807, 2.05) is 0 Å². The molecule has 0 aromatic heterocycles. The van der Waals surface area contributed by atoms with E-state index in [-0.39, 0.29) is 10.6 Å². The molecule has 6 nitrogen and oxygen atoms in total. The van der Waals surface area contributed by atoms with E-state index in [0.29, 0.717) is 4.31 Å². The Morgan fingerprint density at radius 2 is 1.48 bits per heavy atom. The van der Waals surface area contributed by atoms with Crippen LogP contribution in [0.3, 0.4) is 0 Å². The third-order valence-corrected chi connectivity index (χ3v) is 4.30. The van der Waals surface area contributed by atoms with E-state index in [2.05, 4.69) is 4.99 Å². The SMILES string of the molecule is O=C=NC(=O)N(c1ccccc1)S(=O)(=O)c1ccccc1. The summed E-state index contributed by atoms with van der Waals surface area (Å²) in [7, 11) is -4.16. The van der Waals surface area contributed by atoms with Crippen LogP contribution in [0.1, 0.15) is 0 Å².